The number of hydrogen-bond donors (Lipinski definition) is 1. The number of nitrogens with one attached hydrogen (secondary N) is 1. The van der Waals surface area contributed by atoms with E-state index in [0.717, 1.165) is 31.2 Å². The molecule has 12 heteroatoms. The van der Waals surface area contributed by atoms with Crippen molar-refractivity contribution in [1.82, 2.24) is 13.9 Å². The highest BCUT2D eigenvalue weighted by molar-refractivity contribution is 7.87. The van der Waals surface area contributed by atoms with E-state index in [2.05, 4.69) is 4.72 Å². The van der Waals surface area contributed by atoms with Crippen LogP contribution in [0.15, 0.2) is 12.1 Å². The number of nitrogens with zero attached hydrogens (tertiary/aromatic N) is 2. The Kier molecular flexibility index (Phi) is 9.34. The minimum atomic E-state index is -4.17. The fraction of sp³-hybridized carbons (Fsp3) is 0.733. The molecule has 42 heavy (non-hydrogen) atoms. The van der Waals surface area contributed by atoms with Crippen molar-refractivity contribution < 1.29 is 36.6 Å². The lowest BCUT2D eigenvalue weighted by molar-refractivity contribution is -0.0307. The summed E-state index contributed by atoms with van der Waals surface area (Å²) >= 11 is 0. The summed E-state index contributed by atoms with van der Waals surface area (Å²) in [4.78, 5) is 27.0. The first kappa shape index (κ1) is 31.0. The number of likely N-dealkylation sites (tertiary alicyclic amines) is 1. The first-order valence-electron chi connectivity index (χ1n) is 15.3. The van der Waals surface area contributed by atoms with E-state index in [1.165, 1.54) is 29.3 Å². The quantitative estimate of drug-likeness (QED) is 0.430. The molecule has 2 saturated heterocycles. The summed E-state index contributed by atoms with van der Waals surface area (Å²) in [5.41, 5.74) is -0.0867. The van der Waals surface area contributed by atoms with Gasteiger partial charge in [0, 0.05) is 25.7 Å². The number of benzene rings is 1. The molecular weight excluding hydrogens is 565 g/mol. The zero-order valence-electron chi connectivity index (χ0n) is 24.9. The fourth-order valence-electron chi connectivity index (χ4n) is 6.02. The molecule has 10 nitrogen and oxygen atoms in total. The van der Waals surface area contributed by atoms with Crippen molar-refractivity contribution in [2.45, 2.75) is 102 Å². The van der Waals surface area contributed by atoms with Gasteiger partial charge in [0.25, 0.3) is 5.91 Å². The molecule has 1 N–H and O–H groups in total. The van der Waals surface area contributed by atoms with Crippen LogP contribution in [0.2, 0.25) is 0 Å². The molecule has 0 spiro atoms. The number of ether oxygens (including phenoxy) is 3. The van der Waals surface area contributed by atoms with Crippen molar-refractivity contribution in [1.29, 1.82) is 0 Å². The second-order valence-electron chi connectivity index (χ2n) is 13.1. The molecule has 0 aromatic heterocycles. The maximum absolute atomic E-state index is 15.1. The molecule has 1 aromatic carbocycles. The van der Waals surface area contributed by atoms with Gasteiger partial charge < -0.3 is 19.1 Å². The molecule has 4 aliphatic rings. The molecule has 1 atom stereocenters. The van der Waals surface area contributed by atoms with Crippen LogP contribution >= 0.6 is 0 Å². The van der Waals surface area contributed by atoms with Crippen molar-refractivity contribution in [2.75, 3.05) is 32.8 Å². The maximum atomic E-state index is 15.1. The van der Waals surface area contributed by atoms with Gasteiger partial charge >= 0.3 is 16.3 Å². The summed E-state index contributed by atoms with van der Waals surface area (Å²) in [5.74, 6) is -0.656. The summed E-state index contributed by atoms with van der Waals surface area (Å²) in [6.07, 6.45) is 7.37. The SMILES string of the molecule is CC(C)(C)OC(=O)N1CCC(OC2CCN(S(=O)(=O)NC(=O)c3cc(C4CC4)c(OCC4CCCC4)cc3F)CC2)C1. The molecule has 2 saturated carbocycles. The van der Waals surface area contributed by atoms with Crippen LogP contribution in [0.25, 0.3) is 0 Å². The number of rotatable bonds is 9. The Balaban J connectivity index is 1.13. The third kappa shape index (κ3) is 7.93. The van der Waals surface area contributed by atoms with Gasteiger partial charge in [-0.15, -0.1) is 0 Å². The van der Waals surface area contributed by atoms with Crippen LogP contribution in [0.4, 0.5) is 9.18 Å². The standard InChI is InChI=1S/C30H44FN3O7S/c1-30(2,3)41-29(36)33-13-10-23(18-33)40-22-11-14-34(15-12-22)42(37,38)32-28(35)25-16-24(21-8-9-21)27(17-26(25)31)39-19-20-6-4-5-7-20/h16-17,20-23H,4-15,18-19H2,1-3H3,(H,32,35). The Bertz CT molecular complexity index is 1250. The number of amides is 2. The van der Waals surface area contributed by atoms with Crippen LogP contribution in [-0.4, -0.2) is 80.2 Å². The van der Waals surface area contributed by atoms with E-state index in [-0.39, 0.29) is 42.9 Å². The molecule has 0 bridgehead atoms. The minimum Gasteiger partial charge on any atom is -0.493 e. The van der Waals surface area contributed by atoms with E-state index in [1.54, 1.807) is 4.90 Å². The number of carbonyl (C=O) groups excluding carboxylic acids is 2. The van der Waals surface area contributed by atoms with Gasteiger partial charge in [-0.1, -0.05) is 12.8 Å². The van der Waals surface area contributed by atoms with Crippen LogP contribution in [-0.2, 0) is 19.7 Å². The lowest BCUT2D eigenvalue weighted by atomic mass is 10.0. The largest absolute Gasteiger partial charge is 0.493 e. The summed E-state index contributed by atoms with van der Waals surface area (Å²) in [7, 11) is -4.17. The van der Waals surface area contributed by atoms with Crippen LogP contribution < -0.4 is 9.46 Å². The van der Waals surface area contributed by atoms with E-state index in [1.807, 2.05) is 20.8 Å². The van der Waals surface area contributed by atoms with Crippen LogP contribution in [0.3, 0.4) is 0 Å². The molecule has 234 valence electrons. The van der Waals surface area contributed by atoms with Crippen LogP contribution in [0.1, 0.15) is 100 Å². The van der Waals surface area contributed by atoms with E-state index in [4.69, 9.17) is 14.2 Å². The monoisotopic (exact) mass is 609 g/mol. The summed E-state index contributed by atoms with van der Waals surface area (Å²) in [6.45, 7) is 7.31. The van der Waals surface area contributed by atoms with E-state index in [9.17, 15) is 18.0 Å². The van der Waals surface area contributed by atoms with E-state index >= 15 is 4.39 Å². The fourth-order valence-corrected chi connectivity index (χ4v) is 7.18. The zero-order valence-corrected chi connectivity index (χ0v) is 25.7. The molecule has 4 fully saturated rings. The summed E-state index contributed by atoms with van der Waals surface area (Å²) in [5, 5.41) is 0. The van der Waals surface area contributed by atoms with Crippen LogP contribution in [0.5, 0.6) is 5.75 Å². The van der Waals surface area contributed by atoms with Gasteiger partial charge in [0.2, 0.25) is 0 Å². The first-order chi connectivity index (χ1) is 19.9. The summed E-state index contributed by atoms with van der Waals surface area (Å²) in [6, 6.07) is 2.70. The molecule has 5 rings (SSSR count). The van der Waals surface area contributed by atoms with Crippen molar-refractivity contribution >= 4 is 22.2 Å². The van der Waals surface area contributed by atoms with Gasteiger partial charge in [-0.05, 0) is 89.2 Å². The zero-order chi connectivity index (χ0) is 30.1. The average molecular weight is 610 g/mol. The lowest BCUT2D eigenvalue weighted by Crippen LogP contribution is -2.48. The molecule has 0 radical (unpaired) electrons. The summed E-state index contributed by atoms with van der Waals surface area (Å²) < 4.78 is 62.1. The maximum Gasteiger partial charge on any atom is 0.410 e. The molecule has 2 aliphatic heterocycles. The highest BCUT2D eigenvalue weighted by Gasteiger charge is 2.36. The highest BCUT2D eigenvalue weighted by Crippen LogP contribution is 2.45. The Morgan fingerprint density at radius 2 is 1.64 bits per heavy atom. The van der Waals surface area contributed by atoms with Crippen molar-refractivity contribution in [2.24, 2.45) is 5.92 Å². The molecule has 1 aromatic rings. The number of piperidine rings is 1. The molecule has 2 aliphatic carbocycles. The number of hydrogen-bond acceptors (Lipinski definition) is 7. The van der Waals surface area contributed by atoms with Crippen molar-refractivity contribution in [3.63, 3.8) is 0 Å². The third-order valence-electron chi connectivity index (χ3n) is 8.45. The topological polar surface area (TPSA) is 114 Å². The normalized spacial score (nSPS) is 22.9. The van der Waals surface area contributed by atoms with E-state index in [0.29, 0.717) is 50.6 Å². The average Bonchev–Trinajstić information content (AvgIpc) is 3.41. The van der Waals surface area contributed by atoms with Gasteiger partial charge in [-0.2, -0.15) is 12.7 Å². The number of halogens is 1. The van der Waals surface area contributed by atoms with Gasteiger partial charge in [-0.3, -0.25) is 4.79 Å². The molecular formula is C30H44FN3O7S. The van der Waals surface area contributed by atoms with Gasteiger partial charge in [0.05, 0.1) is 30.9 Å². The molecule has 1 unspecified atom stereocenters. The first-order valence-corrected chi connectivity index (χ1v) is 16.7. The smallest absolute Gasteiger partial charge is 0.410 e. The van der Waals surface area contributed by atoms with Crippen molar-refractivity contribution in [3.8, 4) is 5.75 Å². The predicted molar refractivity (Wildman–Crippen MR) is 154 cm³/mol. The predicted octanol–water partition coefficient (Wildman–Crippen LogP) is 4.74. The van der Waals surface area contributed by atoms with Gasteiger partial charge in [0.1, 0.15) is 17.2 Å². The Morgan fingerprint density at radius 1 is 0.976 bits per heavy atom. The third-order valence-corrected chi connectivity index (χ3v) is 9.94. The Labute approximate surface area is 248 Å². The van der Waals surface area contributed by atoms with E-state index < -0.39 is 27.5 Å². The minimum absolute atomic E-state index is 0.140. The Hall–Kier alpha value is -2.44. The van der Waals surface area contributed by atoms with Crippen LogP contribution in [0, 0.1) is 11.7 Å². The second kappa shape index (κ2) is 12.7. The number of carbonyl (C=O) groups is 2. The molecule has 2 heterocycles. The Morgan fingerprint density at radius 3 is 2.29 bits per heavy atom. The highest BCUT2D eigenvalue weighted by atomic mass is 32.2. The lowest BCUT2D eigenvalue weighted by Gasteiger charge is -2.32. The molecule has 2 amide bonds. The van der Waals surface area contributed by atoms with Crippen molar-refractivity contribution in [3.05, 3.63) is 29.1 Å². The second-order valence-corrected chi connectivity index (χ2v) is 14.8. The van der Waals surface area contributed by atoms with Gasteiger partial charge in [0.15, 0.2) is 0 Å². The van der Waals surface area contributed by atoms with Gasteiger partial charge in [-0.25, -0.2) is 13.9 Å².